The maximum Gasteiger partial charge on any atom is 0.277 e. The van der Waals surface area contributed by atoms with Crippen molar-refractivity contribution in [2.24, 2.45) is 5.73 Å². The number of nitrogens with one attached hydrogen (secondary N) is 1. The Morgan fingerprint density at radius 1 is 1.44 bits per heavy atom. The molecule has 0 unspecified atom stereocenters. The van der Waals surface area contributed by atoms with E-state index in [1.54, 1.807) is 35.4 Å². The molecule has 3 N–H and O–H groups in total. The van der Waals surface area contributed by atoms with Crippen LogP contribution in [0.1, 0.15) is 28.0 Å². The molecule has 10 heteroatoms. The Labute approximate surface area is 156 Å². The summed E-state index contributed by atoms with van der Waals surface area (Å²) >= 11 is 1.34. The van der Waals surface area contributed by atoms with Crippen LogP contribution in [0.3, 0.4) is 0 Å². The number of aromatic nitrogens is 1. The summed E-state index contributed by atoms with van der Waals surface area (Å²) in [6.07, 6.45) is 0.691. The van der Waals surface area contributed by atoms with Crippen LogP contribution in [0.5, 0.6) is 0 Å². The first-order valence-corrected chi connectivity index (χ1v) is 9.91. The SMILES string of the molecule is CCNS(=O)(=O)c1ccc2c(c1)N(C(=O)c1csc(CN)n1)CC2.Cl. The van der Waals surface area contributed by atoms with Crippen LogP contribution in [0.2, 0.25) is 0 Å². The molecule has 7 nitrogen and oxygen atoms in total. The van der Waals surface area contributed by atoms with Crippen LogP contribution in [0.4, 0.5) is 5.69 Å². The molecule has 1 aliphatic rings. The summed E-state index contributed by atoms with van der Waals surface area (Å²) in [6, 6.07) is 4.88. The van der Waals surface area contributed by atoms with E-state index < -0.39 is 10.0 Å². The maximum absolute atomic E-state index is 12.7. The fraction of sp³-hybridized carbons (Fsp3) is 0.333. The van der Waals surface area contributed by atoms with Gasteiger partial charge in [-0.3, -0.25) is 4.79 Å². The number of carbonyl (C=O) groups is 1. The zero-order valence-corrected chi connectivity index (χ0v) is 16.0. The number of amides is 1. The van der Waals surface area contributed by atoms with Crippen molar-refractivity contribution in [1.29, 1.82) is 0 Å². The summed E-state index contributed by atoms with van der Waals surface area (Å²) in [5.41, 5.74) is 7.46. The lowest BCUT2D eigenvalue weighted by Crippen LogP contribution is -2.29. The average Bonchev–Trinajstić information content (AvgIpc) is 3.20. The summed E-state index contributed by atoms with van der Waals surface area (Å²) in [4.78, 5) is 18.6. The van der Waals surface area contributed by atoms with Gasteiger partial charge in [-0.25, -0.2) is 18.1 Å². The number of sulfonamides is 1. The number of thiazole rings is 1. The molecule has 136 valence electrons. The molecule has 3 rings (SSSR count). The molecule has 0 aliphatic carbocycles. The predicted molar refractivity (Wildman–Crippen MR) is 99.9 cm³/mol. The molecule has 2 heterocycles. The zero-order chi connectivity index (χ0) is 17.3. The van der Waals surface area contributed by atoms with Gasteiger partial charge in [-0.15, -0.1) is 23.7 Å². The largest absolute Gasteiger partial charge is 0.325 e. The fourth-order valence-corrected chi connectivity index (χ4v) is 4.36. The number of rotatable bonds is 5. The van der Waals surface area contributed by atoms with Crippen molar-refractivity contribution < 1.29 is 13.2 Å². The standard InChI is InChI=1S/C15H18N4O3S2.ClH/c1-2-17-24(21,22)11-4-3-10-5-6-19(13(10)7-11)15(20)12-9-23-14(8-16)18-12;/h3-4,7,9,17H,2,5-6,8,16H2,1H3;1H. The highest BCUT2D eigenvalue weighted by molar-refractivity contribution is 7.89. The highest BCUT2D eigenvalue weighted by Gasteiger charge is 2.28. The Hall–Kier alpha value is -1.52. The lowest BCUT2D eigenvalue weighted by Gasteiger charge is -2.17. The Kier molecular flexibility index (Phi) is 6.17. The number of carbonyl (C=O) groups excluding carboxylic acids is 1. The van der Waals surface area contributed by atoms with Crippen molar-refractivity contribution in [2.45, 2.75) is 24.8 Å². The van der Waals surface area contributed by atoms with Gasteiger partial charge < -0.3 is 10.6 Å². The quantitative estimate of drug-likeness (QED) is 0.788. The van der Waals surface area contributed by atoms with E-state index >= 15 is 0 Å². The topological polar surface area (TPSA) is 105 Å². The minimum Gasteiger partial charge on any atom is -0.325 e. The molecule has 1 amide bonds. The van der Waals surface area contributed by atoms with Crippen LogP contribution in [0.15, 0.2) is 28.5 Å². The first kappa shape index (κ1) is 19.8. The zero-order valence-electron chi connectivity index (χ0n) is 13.6. The second kappa shape index (κ2) is 7.79. The van der Waals surface area contributed by atoms with Gasteiger partial charge in [-0.2, -0.15) is 0 Å². The molecule has 0 saturated heterocycles. The van der Waals surface area contributed by atoms with Gasteiger partial charge in [0.15, 0.2) is 0 Å². The number of nitrogens with two attached hydrogens (primary N) is 1. The molecule has 0 bridgehead atoms. The Balaban J connectivity index is 0.00000225. The Bertz CT molecular complexity index is 883. The van der Waals surface area contributed by atoms with E-state index in [-0.39, 0.29) is 23.2 Å². The molecular formula is C15H19ClN4O3S2. The molecule has 1 aliphatic heterocycles. The smallest absolute Gasteiger partial charge is 0.277 e. The van der Waals surface area contributed by atoms with Gasteiger partial charge >= 0.3 is 0 Å². The van der Waals surface area contributed by atoms with Gasteiger partial charge in [0.2, 0.25) is 10.0 Å². The van der Waals surface area contributed by atoms with E-state index in [0.29, 0.717) is 42.4 Å². The lowest BCUT2D eigenvalue weighted by molar-refractivity contribution is 0.0985. The van der Waals surface area contributed by atoms with E-state index in [2.05, 4.69) is 9.71 Å². The number of hydrogen-bond donors (Lipinski definition) is 2. The van der Waals surface area contributed by atoms with Crippen LogP contribution in [0, 0.1) is 0 Å². The second-order valence-corrected chi connectivity index (χ2v) is 8.04. The highest BCUT2D eigenvalue weighted by atomic mass is 35.5. The van der Waals surface area contributed by atoms with Crippen molar-refractivity contribution in [1.82, 2.24) is 9.71 Å². The van der Waals surface area contributed by atoms with Crippen LogP contribution < -0.4 is 15.4 Å². The molecule has 0 spiro atoms. The molecule has 1 aromatic carbocycles. The van der Waals surface area contributed by atoms with E-state index in [1.165, 1.54) is 11.3 Å². The molecule has 25 heavy (non-hydrogen) atoms. The van der Waals surface area contributed by atoms with Crippen LogP contribution in [-0.4, -0.2) is 32.4 Å². The number of anilines is 1. The third-order valence-corrected chi connectivity index (χ3v) is 6.20. The summed E-state index contributed by atoms with van der Waals surface area (Å²) in [5, 5.41) is 2.38. The second-order valence-electron chi connectivity index (χ2n) is 5.33. The van der Waals surface area contributed by atoms with Gasteiger partial charge in [0.05, 0.1) is 4.90 Å². The minimum atomic E-state index is -3.56. The van der Waals surface area contributed by atoms with Gasteiger partial charge in [0, 0.05) is 30.7 Å². The Morgan fingerprint density at radius 3 is 2.84 bits per heavy atom. The molecule has 2 aromatic rings. The average molecular weight is 403 g/mol. The third-order valence-electron chi connectivity index (χ3n) is 3.79. The summed E-state index contributed by atoms with van der Waals surface area (Å²) in [7, 11) is -3.56. The van der Waals surface area contributed by atoms with Crippen LogP contribution in [-0.2, 0) is 23.0 Å². The summed E-state index contributed by atoms with van der Waals surface area (Å²) in [6.45, 7) is 2.83. The third kappa shape index (κ3) is 3.85. The minimum absolute atomic E-state index is 0. The van der Waals surface area contributed by atoms with Crippen molar-refractivity contribution in [3.05, 3.63) is 39.8 Å². The molecule has 0 fully saturated rings. The van der Waals surface area contributed by atoms with Crippen molar-refractivity contribution in [2.75, 3.05) is 18.0 Å². The van der Waals surface area contributed by atoms with Crippen LogP contribution in [0.25, 0.3) is 0 Å². The fourth-order valence-electron chi connectivity index (χ4n) is 2.65. The number of benzene rings is 1. The van der Waals surface area contributed by atoms with E-state index in [0.717, 1.165) is 5.56 Å². The lowest BCUT2D eigenvalue weighted by atomic mass is 10.2. The van der Waals surface area contributed by atoms with Crippen molar-refractivity contribution >= 4 is 45.4 Å². The first-order chi connectivity index (χ1) is 11.5. The highest BCUT2D eigenvalue weighted by Crippen LogP contribution is 2.31. The maximum atomic E-state index is 12.7. The van der Waals surface area contributed by atoms with E-state index in [9.17, 15) is 13.2 Å². The molecule has 0 radical (unpaired) electrons. The van der Waals surface area contributed by atoms with E-state index in [4.69, 9.17) is 5.73 Å². The van der Waals surface area contributed by atoms with Gasteiger partial charge in [0.1, 0.15) is 10.7 Å². The van der Waals surface area contributed by atoms with Gasteiger partial charge in [0.25, 0.3) is 5.91 Å². The predicted octanol–water partition coefficient (Wildman–Crippen LogP) is 1.52. The monoisotopic (exact) mass is 402 g/mol. The molecule has 1 aromatic heterocycles. The molecule has 0 saturated carbocycles. The summed E-state index contributed by atoms with van der Waals surface area (Å²) in [5.74, 6) is -0.234. The normalized spacial score (nSPS) is 13.4. The van der Waals surface area contributed by atoms with E-state index in [1.807, 2.05) is 0 Å². The number of fused-ring (bicyclic) bond motifs is 1. The van der Waals surface area contributed by atoms with Crippen LogP contribution >= 0.6 is 23.7 Å². The summed E-state index contributed by atoms with van der Waals surface area (Å²) < 4.78 is 26.8. The van der Waals surface area contributed by atoms with Gasteiger partial charge in [-0.05, 0) is 24.1 Å². The molecule has 0 atom stereocenters. The molecular weight excluding hydrogens is 384 g/mol. The van der Waals surface area contributed by atoms with Gasteiger partial charge in [-0.1, -0.05) is 13.0 Å². The first-order valence-electron chi connectivity index (χ1n) is 7.55. The Morgan fingerprint density at radius 2 is 2.20 bits per heavy atom. The number of hydrogen-bond acceptors (Lipinski definition) is 6. The number of halogens is 1. The van der Waals surface area contributed by atoms with Crippen molar-refractivity contribution in [3.63, 3.8) is 0 Å². The van der Waals surface area contributed by atoms with Crippen molar-refractivity contribution in [3.8, 4) is 0 Å². The number of nitrogens with zero attached hydrogens (tertiary/aromatic N) is 2.